The first-order valence-corrected chi connectivity index (χ1v) is 28.4. The molecular formula is C61H60Cl2F2N14O6. The number of carbonyl (C=O) groups is 2. The molecule has 2 saturated heterocycles. The zero-order chi connectivity index (χ0) is 60.6. The van der Waals surface area contributed by atoms with E-state index in [1.807, 2.05) is 51.3 Å². The molecule has 10 heterocycles. The number of fused-ring (bicyclic) bond motifs is 4. The van der Waals surface area contributed by atoms with Gasteiger partial charge in [0.1, 0.15) is 34.5 Å². The summed E-state index contributed by atoms with van der Waals surface area (Å²) < 4.78 is 36.2. The summed E-state index contributed by atoms with van der Waals surface area (Å²) in [4.78, 5) is 89.8. The molecule has 438 valence electrons. The van der Waals surface area contributed by atoms with E-state index in [-0.39, 0.29) is 115 Å². The van der Waals surface area contributed by atoms with Gasteiger partial charge in [-0.25, -0.2) is 37.5 Å². The molecule has 6 aromatic heterocycles. The second-order valence-electron chi connectivity index (χ2n) is 22.0. The lowest BCUT2D eigenvalue weighted by molar-refractivity contribution is -0.127. The number of phenols is 2. The number of aromatic nitrogens is 8. The van der Waals surface area contributed by atoms with Crippen LogP contribution in [0.1, 0.15) is 62.0 Å². The number of rotatable bonds is 8. The predicted octanol–water partition coefficient (Wildman–Crippen LogP) is 8.83. The van der Waals surface area contributed by atoms with E-state index < -0.39 is 23.0 Å². The highest BCUT2D eigenvalue weighted by molar-refractivity contribution is 6.34. The fraction of sp³-hybridized carbons (Fsp3) is 0.311. The number of hydrogen-bond acceptors (Lipinski definition) is 16. The molecule has 24 heteroatoms. The lowest BCUT2D eigenvalue weighted by Crippen LogP contribution is -2.57. The van der Waals surface area contributed by atoms with Crippen LogP contribution in [0, 0.1) is 25.5 Å². The number of pyridine rings is 4. The van der Waals surface area contributed by atoms with E-state index in [4.69, 9.17) is 33.2 Å². The molecular weight excluding hydrogens is 1130 g/mol. The number of benzene rings is 2. The Bertz CT molecular complexity index is 4210. The number of carbonyl (C=O) groups excluding carboxylic acids is 2. The summed E-state index contributed by atoms with van der Waals surface area (Å²) in [6.45, 7) is 21.6. The molecule has 2 unspecified atom stereocenters. The van der Waals surface area contributed by atoms with Gasteiger partial charge in [0.15, 0.2) is 22.9 Å². The van der Waals surface area contributed by atoms with Gasteiger partial charge in [-0.2, -0.15) is 9.97 Å². The molecule has 12 rings (SSSR count). The van der Waals surface area contributed by atoms with Crippen molar-refractivity contribution in [3.63, 3.8) is 0 Å². The molecule has 2 fully saturated rings. The highest BCUT2D eigenvalue weighted by Crippen LogP contribution is 2.47. The summed E-state index contributed by atoms with van der Waals surface area (Å²) >= 11 is 13.0. The number of likely N-dealkylation sites (N-methyl/N-ethyl adjacent to an activating group) is 1. The molecule has 2 aromatic carbocycles. The lowest BCUT2D eigenvalue weighted by Gasteiger charge is -2.41. The molecule has 4 aliphatic heterocycles. The summed E-state index contributed by atoms with van der Waals surface area (Å²) in [7, 11) is 1.75. The Labute approximate surface area is 497 Å². The van der Waals surface area contributed by atoms with Gasteiger partial charge < -0.3 is 40.0 Å². The molecule has 8 aromatic rings. The van der Waals surface area contributed by atoms with Crippen LogP contribution in [0.3, 0.4) is 0 Å². The Morgan fingerprint density at radius 2 is 1.11 bits per heavy atom. The summed E-state index contributed by atoms with van der Waals surface area (Å²) in [5.74, 6) is -1.91. The maximum atomic E-state index is 16.9. The van der Waals surface area contributed by atoms with Crippen LogP contribution in [-0.4, -0.2) is 142 Å². The van der Waals surface area contributed by atoms with Crippen molar-refractivity contribution >= 4 is 80.1 Å². The molecule has 0 saturated carbocycles. The number of amides is 2. The van der Waals surface area contributed by atoms with Crippen molar-refractivity contribution in [3.8, 4) is 45.4 Å². The van der Waals surface area contributed by atoms with Crippen molar-refractivity contribution in [2.45, 2.75) is 65.5 Å². The van der Waals surface area contributed by atoms with Gasteiger partial charge in [-0.05, 0) is 85.4 Å². The van der Waals surface area contributed by atoms with Crippen LogP contribution in [0.5, 0.6) is 11.5 Å². The Kier molecular flexibility index (Phi) is 15.3. The topological polar surface area (TPSA) is 224 Å². The van der Waals surface area contributed by atoms with Gasteiger partial charge in [0.25, 0.3) is 0 Å². The van der Waals surface area contributed by atoms with Crippen LogP contribution in [0.15, 0.2) is 95.8 Å². The normalized spacial score (nSPS) is 16.4. The summed E-state index contributed by atoms with van der Waals surface area (Å²) in [5, 5.41) is 25.6. The number of nitrogens with zero attached hydrogens (tertiary/aromatic N) is 13. The van der Waals surface area contributed by atoms with E-state index in [1.54, 1.807) is 64.5 Å². The molecule has 4 aliphatic rings. The largest absolute Gasteiger partial charge is 0.507 e. The van der Waals surface area contributed by atoms with Crippen molar-refractivity contribution in [1.29, 1.82) is 0 Å². The molecule has 3 N–H and O–H groups in total. The number of nitrogens with one attached hydrogen (secondary N) is 1. The van der Waals surface area contributed by atoms with E-state index in [0.717, 1.165) is 11.1 Å². The third kappa shape index (κ3) is 9.79. The summed E-state index contributed by atoms with van der Waals surface area (Å²) in [6.07, 6.45) is 5.91. The molecule has 0 spiro atoms. The van der Waals surface area contributed by atoms with Gasteiger partial charge >= 0.3 is 11.4 Å². The SMILES string of the molecule is C=CC(=O)N1CCN2c3nc(=O)n(-c4c(C)ccnc4C(C)C)c4nc(-c5c(O)cccc5Cl)c(F)c(c34)N(C)CC2C1.C=CC(=O)N1CCN2c3nc(=O)n(-c4c(C)ccnc4C(C)C)c4nc(-c5c(O)cccc5Cl)c(F)c(c34)NCC2C1. The first-order valence-electron chi connectivity index (χ1n) is 27.7. The minimum atomic E-state index is -0.745. The zero-order valence-electron chi connectivity index (χ0n) is 47.7. The van der Waals surface area contributed by atoms with Gasteiger partial charge in [-0.1, -0.05) is 76.2 Å². The van der Waals surface area contributed by atoms with Crippen LogP contribution < -0.4 is 31.4 Å². The highest BCUT2D eigenvalue weighted by atomic mass is 35.5. The maximum Gasteiger partial charge on any atom is 0.355 e. The van der Waals surface area contributed by atoms with Crippen molar-refractivity contribution in [3.05, 3.63) is 151 Å². The van der Waals surface area contributed by atoms with E-state index in [9.17, 15) is 29.4 Å². The Balaban J connectivity index is 0.000000177. The van der Waals surface area contributed by atoms with Gasteiger partial charge in [-0.15, -0.1) is 0 Å². The number of phenolic OH excluding ortho intramolecular Hbond substituents is 2. The number of aryl methyl sites for hydroxylation is 2. The van der Waals surface area contributed by atoms with Crippen molar-refractivity contribution in [2.75, 3.05) is 79.4 Å². The quantitative estimate of drug-likeness (QED) is 0.121. The Hall–Kier alpha value is -9.02. The Morgan fingerprint density at radius 1 is 0.647 bits per heavy atom. The second kappa shape index (κ2) is 22.5. The first-order chi connectivity index (χ1) is 40.6. The third-order valence-corrected chi connectivity index (χ3v) is 16.7. The number of halogens is 4. The molecule has 0 radical (unpaired) electrons. The third-order valence-electron chi connectivity index (χ3n) is 16.0. The predicted molar refractivity (Wildman–Crippen MR) is 325 cm³/mol. The van der Waals surface area contributed by atoms with Gasteiger partial charge in [0, 0.05) is 71.8 Å². The number of hydrogen-bond donors (Lipinski definition) is 3. The molecule has 0 aliphatic carbocycles. The minimum Gasteiger partial charge on any atom is -0.507 e. The van der Waals surface area contributed by atoms with E-state index in [0.29, 0.717) is 85.2 Å². The second-order valence-corrected chi connectivity index (χ2v) is 22.8. The molecule has 0 bridgehead atoms. The highest BCUT2D eigenvalue weighted by Gasteiger charge is 2.40. The fourth-order valence-electron chi connectivity index (χ4n) is 12.0. The molecule has 85 heavy (non-hydrogen) atoms. The van der Waals surface area contributed by atoms with Crippen molar-refractivity contribution < 1.29 is 28.6 Å². The van der Waals surface area contributed by atoms with Crippen molar-refractivity contribution in [2.24, 2.45) is 0 Å². The summed E-state index contributed by atoms with van der Waals surface area (Å²) in [6, 6.07) is 12.0. The van der Waals surface area contributed by atoms with Gasteiger partial charge in [-0.3, -0.25) is 19.6 Å². The molecule has 20 nitrogen and oxygen atoms in total. The van der Waals surface area contributed by atoms with E-state index >= 15 is 8.78 Å². The maximum absolute atomic E-state index is 16.9. The van der Waals surface area contributed by atoms with Crippen LogP contribution in [0.4, 0.5) is 31.8 Å². The zero-order valence-corrected chi connectivity index (χ0v) is 49.2. The number of anilines is 4. The van der Waals surface area contributed by atoms with E-state index in [2.05, 4.69) is 38.4 Å². The van der Waals surface area contributed by atoms with Gasteiger partial charge in [0.2, 0.25) is 11.8 Å². The summed E-state index contributed by atoms with van der Waals surface area (Å²) in [5.41, 5.74) is 2.82. The average molecular weight is 1190 g/mol. The van der Waals surface area contributed by atoms with Crippen LogP contribution >= 0.6 is 23.2 Å². The lowest BCUT2D eigenvalue weighted by atomic mass is 10.0. The first kappa shape index (κ1) is 57.8. The monoisotopic (exact) mass is 1190 g/mol. The standard InChI is InChI=1S/C31H31ClFN7O3.C30H29ClFN7O3/c1-6-21(42)38-12-13-39-18(15-38)14-37(5)28-23-29(39)36-31(43)40(27-17(4)10-11-34-25(27)16(2)3)30(23)35-26(24(28)33)22-19(32)8-7-9-20(22)41;1-5-20(41)37-11-12-38-17(14-37)13-34-25-22-28(38)36-30(42)39(27-16(4)9-10-33-24(27)15(2)3)29(22)35-26(23(25)32)21-18(31)7-6-8-19(21)40/h6-11,16,18,41H,1,12-15H2,2-5H3;5-10,15,17,34,40H,1,11-14H2,2-4H3. The van der Waals surface area contributed by atoms with E-state index in [1.165, 1.54) is 39.5 Å². The number of piperazine rings is 2. The van der Waals surface area contributed by atoms with Gasteiger partial charge in [0.05, 0.1) is 78.2 Å². The van der Waals surface area contributed by atoms with Crippen LogP contribution in [0.25, 0.3) is 56.0 Å². The molecule has 2 amide bonds. The number of aromatic hydroxyl groups is 2. The minimum absolute atomic E-state index is 0.00527. The smallest absolute Gasteiger partial charge is 0.355 e. The average Bonchev–Trinajstić information content (AvgIpc) is 1.99. The fourth-order valence-corrected chi connectivity index (χ4v) is 12.5. The Morgan fingerprint density at radius 3 is 1.59 bits per heavy atom. The molecule has 2 atom stereocenters. The van der Waals surface area contributed by atoms with Crippen molar-refractivity contribution in [1.82, 2.24) is 48.8 Å². The van der Waals surface area contributed by atoms with Crippen LogP contribution in [0.2, 0.25) is 10.0 Å². The van der Waals surface area contributed by atoms with Crippen LogP contribution in [-0.2, 0) is 9.59 Å².